The third-order valence-corrected chi connectivity index (χ3v) is 6.38. The van der Waals surface area contributed by atoms with Gasteiger partial charge in [-0.2, -0.15) is 4.31 Å². The molecule has 0 fully saturated rings. The van der Waals surface area contributed by atoms with Gasteiger partial charge in [0.15, 0.2) is 11.8 Å². The minimum absolute atomic E-state index is 0.128. The van der Waals surface area contributed by atoms with Gasteiger partial charge in [0.05, 0.1) is 10.6 Å². The summed E-state index contributed by atoms with van der Waals surface area (Å²) >= 11 is 5.84. The maximum absolute atomic E-state index is 12.5. The summed E-state index contributed by atoms with van der Waals surface area (Å²) in [6, 6.07) is 9.29. The van der Waals surface area contributed by atoms with Crippen LogP contribution in [0.1, 0.15) is 19.4 Å². The molecule has 0 aliphatic rings. The van der Waals surface area contributed by atoms with Gasteiger partial charge >= 0.3 is 5.97 Å². The monoisotopic (exact) mass is 451 g/mol. The summed E-state index contributed by atoms with van der Waals surface area (Å²) in [7, 11) is -3.54. The van der Waals surface area contributed by atoms with E-state index < -0.39 is 28.5 Å². The zero-order valence-electron chi connectivity index (χ0n) is 16.5. The first-order chi connectivity index (χ1) is 14.3. The molecule has 0 atom stereocenters. The van der Waals surface area contributed by atoms with Crippen molar-refractivity contribution in [3.63, 3.8) is 0 Å². The fraction of sp³-hybridized carbons (Fsp3) is 0.250. The molecule has 0 aliphatic carbocycles. The summed E-state index contributed by atoms with van der Waals surface area (Å²) in [5, 5.41) is 2.61. The van der Waals surface area contributed by atoms with Gasteiger partial charge in [-0.05, 0) is 35.9 Å². The van der Waals surface area contributed by atoms with Gasteiger partial charge in [-0.3, -0.25) is 4.79 Å². The summed E-state index contributed by atoms with van der Waals surface area (Å²) in [5.74, 6) is -1.28. The molecule has 0 spiro atoms. The van der Waals surface area contributed by atoms with Crippen molar-refractivity contribution in [3.8, 4) is 0 Å². The van der Waals surface area contributed by atoms with Crippen molar-refractivity contribution in [2.24, 2.45) is 0 Å². The van der Waals surface area contributed by atoms with Crippen LogP contribution in [0.3, 0.4) is 0 Å². The van der Waals surface area contributed by atoms with Crippen LogP contribution in [0.4, 0.5) is 5.69 Å². The standard InChI is InChI=1S/C20H22ClN3O5S/c1-3-24(4-2)30(27,28)16-10-7-15(8-11-16)9-12-19(26)29-14-18(25)23-17-6-5-13-22-20(17)21/h5-13H,3-4,14H2,1-2H3,(H,23,25)/b12-9+. The van der Waals surface area contributed by atoms with E-state index in [0.29, 0.717) is 24.3 Å². The Balaban J connectivity index is 1.90. The van der Waals surface area contributed by atoms with E-state index in [1.54, 1.807) is 38.1 Å². The summed E-state index contributed by atoms with van der Waals surface area (Å²) < 4.78 is 31.1. The molecule has 0 unspecified atom stereocenters. The summed E-state index contributed by atoms with van der Waals surface area (Å²) in [5.41, 5.74) is 0.924. The van der Waals surface area contributed by atoms with Crippen LogP contribution in [0.2, 0.25) is 5.15 Å². The Bertz CT molecular complexity index is 1020. The maximum Gasteiger partial charge on any atom is 0.331 e. The molecular weight excluding hydrogens is 430 g/mol. The van der Waals surface area contributed by atoms with Crippen molar-refractivity contribution in [2.75, 3.05) is 25.0 Å². The van der Waals surface area contributed by atoms with Crippen LogP contribution in [-0.4, -0.2) is 49.3 Å². The number of aromatic nitrogens is 1. The summed E-state index contributed by atoms with van der Waals surface area (Å²) in [6.45, 7) is 3.82. The molecule has 0 aliphatic heterocycles. The molecule has 1 aromatic heterocycles. The summed E-state index contributed by atoms with van der Waals surface area (Å²) in [6.07, 6.45) is 4.10. The highest BCUT2D eigenvalue weighted by Gasteiger charge is 2.20. The maximum atomic E-state index is 12.5. The zero-order chi connectivity index (χ0) is 22.1. The molecule has 1 heterocycles. The van der Waals surface area contributed by atoms with E-state index in [4.69, 9.17) is 16.3 Å². The highest BCUT2D eigenvalue weighted by Crippen LogP contribution is 2.18. The molecule has 10 heteroatoms. The van der Waals surface area contributed by atoms with E-state index in [1.807, 2.05) is 0 Å². The average Bonchev–Trinajstić information content (AvgIpc) is 2.73. The van der Waals surface area contributed by atoms with Crippen molar-refractivity contribution in [1.29, 1.82) is 0 Å². The van der Waals surface area contributed by atoms with Gasteiger partial charge in [-0.25, -0.2) is 18.2 Å². The minimum atomic E-state index is -3.54. The molecule has 2 rings (SSSR count). The topological polar surface area (TPSA) is 106 Å². The highest BCUT2D eigenvalue weighted by atomic mass is 35.5. The largest absolute Gasteiger partial charge is 0.452 e. The van der Waals surface area contributed by atoms with Gasteiger partial charge in [0.1, 0.15) is 0 Å². The van der Waals surface area contributed by atoms with Gasteiger partial charge in [-0.15, -0.1) is 0 Å². The number of ether oxygens (including phenoxy) is 1. The fourth-order valence-electron chi connectivity index (χ4n) is 2.48. The van der Waals surface area contributed by atoms with Crippen LogP contribution in [-0.2, 0) is 24.3 Å². The number of carbonyl (C=O) groups excluding carboxylic acids is 2. The fourth-order valence-corrected chi connectivity index (χ4v) is 4.10. The molecule has 1 N–H and O–H groups in total. The molecule has 2 aromatic rings. The predicted octanol–water partition coefficient (Wildman–Crippen LogP) is 2.96. The SMILES string of the molecule is CCN(CC)S(=O)(=O)c1ccc(/C=C/C(=O)OCC(=O)Nc2cccnc2Cl)cc1. The zero-order valence-corrected chi connectivity index (χ0v) is 18.1. The number of nitrogens with one attached hydrogen (secondary N) is 1. The lowest BCUT2D eigenvalue weighted by atomic mass is 10.2. The van der Waals surface area contributed by atoms with Gasteiger partial charge < -0.3 is 10.1 Å². The number of sulfonamides is 1. The molecule has 0 radical (unpaired) electrons. The third-order valence-electron chi connectivity index (χ3n) is 4.01. The number of esters is 1. The number of halogens is 1. The van der Waals surface area contributed by atoms with Gasteiger partial charge in [0, 0.05) is 25.4 Å². The molecule has 1 amide bonds. The second kappa shape index (κ2) is 10.9. The smallest absolute Gasteiger partial charge is 0.331 e. The van der Waals surface area contributed by atoms with E-state index in [2.05, 4.69) is 10.3 Å². The number of benzene rings is 1. The first-order valence-corrected chi connectivity index (χ1v) is 10.9. The first-order valence-electron chi connectivity index (χ1n) is 9.13. The second-order valence-electron chi connectivity index (χ2n) is 5.99. The number of hydrogen-bond donors (Lipinski definition) is 1. The second-order valence-corrected chi connectivity index (χ2v) is 8.29. The Kier molecular flexibility index (Phi) is 8.52. The van der Waals surface area contributed by atoms with Crippen molar-refractivity contribution < 1.29 is 22.7 Å². The minimum Gasteiger partial charge on any atom is -0.452 e. The Hall–Kier alpha value is -2.75. The number of carbonyl (C=O) groups is 2. The quantitative estimate of drug-likeness (QED) is 0.357. The molecule has 1 aromatic carbocycles. The van der Waals surface area contributed by atoms with Gasteiger partial charge in [0.2, 0.25) is 10.0 Å². The predicted molar refractivity (Wildman–Crippen MR) is 114 cm³/mol. The van der Waals surface area contributed by atoms with E-state index in [9.17, 15) is 18.0 Å². The average molecular weight is 452 g/mol. The van der Waals surface area contributed by atoms with Crippen molar-refractivity contribution in [3.05, 3.63) is 59.4 Å². The first kappa shape index (κ1) is 23.5. The normalized spacial score (nSPS) is 11.6. The Morgan fingerprint density at radius 1 is 1.17 bits per heavy atom. The van der Waals surface area contributed by atoms with Crippen LogP contribution in [0.15, 0.2) is 53.6 Å². The Morgan fingerprint density at radius 3 is 2.43 bits per heavy atom. The third kappa shape index (κ3) is 6.38. The molecule has 0 saturated heterocycles. The number of hydrogen-bond acceptors (Lipinski definition) is 6. The Morgan fingerprint density at radius 2 is 1.83 bits per heavy atom. The molecule has 0 bridgehead atoms. The number of anilines is 1. The lowest BCUT2D eigenvalue weighted by Crippen LogP contribution is -2.30. The lowest BCUT2D eigenvalue weighted by molar-refractivity contribution is -0.142. The van der Waals surface area contributed by atoms with Crippen LogP contribution >= 0.6 is 11.6 Å². The molecular formula is C20H22ClN3O5S. The number of pyridine rings is 1. The van der Waals surface area contributed by atoms with Crippen molar-refractivity contribution in [2.45, 2.75) is 18.7 Å². The van der Waals surface area contributed by atoms with E-state index >= 15 is 0 Å². The molecule has 8 nitrogen and oxygen atoms in total. The number of nitrogens with zero attached hydrogens (tertiary/aromatic N) is 2. The van der Waals surface area contributed by atoms with E-state index in [0.717, 1.165) is 6.08 Å². The van der Waals surface area contributed by atoms with Gasteiger partial charge in [-0.1, -0.05) is 37.6 Å². The van der Waals surface area contributed by atoms with Crippen LogP contribution in [0.25, 0.3) is 6.08 Å². The van der Waals surface area contributed by atoms with E-state index in [-0.39, 0.29) is 10.0 Å². The van der Waals surface area contributed by atoms with Crippen molar-refractivity contribution >= 4 is 45.3 Å². The van der Waals surface area contributed by atoms with Crippen LogP contribution in [0, 0.1) is 0 Å². The molecule has 0 saturated carbocycles. The number of amides is 1. The number of rotatable bonds is 9. The highest BCUT2D eigenvalue weighted by molar-refractivity contribution is 7.89. The van der Waals surface area contributed by atoms with Crippen molar-refractivity contribution in [1.82, 2.24) is 9.29 Å². The summed E-state index contributed by atoms with van der Waals surface area (Å²) in [4.78, 5) is 27.6. The molecule has 160 valence electrons. The van der Waals surface area contributed by atoms with Crippen LogP contribution in [0.5, 0.6) is 0 Å². The lowest BCUT2D eigenvalue weighted by Gasteiger charge is -2.18. The van der Waals surface area contributed by atoms with E-state index in [1.165, 1.54) is 28.7 Å². The molecule has 30 heavy (non-hydrogen) atoms. The van der Waals surface area contributed by atoms with Crippen LogP contribution < -0.4 is 5.32 Å². The Labute approximate surface area is 180 Å². The van der Waals surface area contributed by atoms with Gasteiger partial charge in [0.25, 0.3) is 5.91 Å².